The average molecular weight is 182 g/mol. The lowest BCUT2D eigenvalue weighted by Gasteiger charge is -2.43. The van der Waals surface area contributed by atoms with Crippen LogP contribution in [0.15, 0.2) is 0 Å². The van der Waals surface area contributed by atoms with Crippen molar-refractivity contribution >= 4 is 0 Å². The molecular weight excluding hydrogens is 160 g/mol. The van der Waals surface area contributed by atoms with Crippen LogP contribution >= 0.6 is 0 Å². The standard InChI is InChI=1S/C11H22N2/c1-4-12-7-10-5-6-11(8-12)13(10)9(2)3/h9-11H,4-8H2,1-3H3. The van der Waals surface area contributed by atoms with Gasteiger partial charge in [-0.1, -0.05) is 6.92 Å². The lowest BCUT2D eigenvalue weighted by Crippen LogP contribution is -2.55. The quantitative estimate of drug-likeness (QED) is 0.639. The third kappa shape index (κ3) is 1.62. The zero-order valence-corrected chi connectivity index (χ0v) is 9.16. The highest BCUT2D eigenvalue weighted by atomic mass is 15.3. The summed E-state index contributed by atoms with van der Waals surface area (Å²) in [6.45, 7) is 10.8. The molecule has 2 bridgehead atoms. The maximum absolute atomic E-state index is 2.74. The van der Waals surface area contributed by atoms with Crippen molar-refractivity contribution in [1.29, 1.82) is 0 Å². The Morgan fingerprint density at radius 1 is 1.15 bits per heavy atom. The van der Waals surface area contributed by atoms with Crippen molar-refractivity contribution in [1.82, 2.24) is 9.80 Å². The molecule has 0 aromatic heterocycles. The molecule has 0 amide bonds. The van der Waals surface area contributed by atoms with Gasteiger partial charge in [0.05, 0.1) is 0 Å². The SMILES string of the molecule is CCN1CC2CCC(C1)N2C(C)C. The maximum Gasteiger partial charge on any atom is 0.0229 e. The normalized spacial score (nSPS) is 36.0. The highest BCUT2D eigenvalue weighted by Gasteiger charge is 2.40. The van der Waals surface area contributed by atoms with Gasteiger partial charge in [0.2, 0.25) is 0 Å². The summed E-state index contributed by atoms with van der Waals surface area (Å²) in [4.78, 5) is 5.35. The predicted octanol–water partition coefficient (Wildman–Crippen LogP) is 1.56. The number of hydrogen-bond acceptors (Lipinski definition) is 2. The Bertz CT molecular complexity index is 165. The van der Waals surface area contributed by atoms with E-state index >= 15 is 0 Å². The summed E-state index contributed by atoms with van der Waals surface area (Å²) in [5, 5.41) is 0. The van der Waals surface area contributed by atoms with Crippen molar-refractivity contribution in [3.05, 3.63) is 0 Å². The average Bonchev–Trinajstić information content (AvgIpc) is 2.37. The number of fused-ring (bicyclic) bond motifs is 2. The van der Waals surface area contributed by atoms with Crippen LogP contribution in [0.25, 0.3) is 0 Å². The molecule has 0 N–H and O–H groups in total. The molecule has 2 heteroatoms. The minimum Gasteiger partial charge on any atom is -0.301 e. The minimum absolute atomic E-state index is 0.747. The van der Waals surface area contributed by atoms with Crippen molar-refractivity contribution in [3.8, 4) is 0 Å². The number of hydrogen-bond donors (Lipinski definition) is 0. The van der Waals surface area contributed by atoms with Crippen LogP contribution in [0.5, 0.6) is 0 Å². The molecule has 0 aromatic carbocycles. The molecule has 2 saturated heterocycles. The number of likely N-dealkylation sites (N-methyl/N-ethyl adjacent to an activating group) is 1. The lowest BCUT2D eigenvalue weighted by molar-refractivity contribution is 0.0465. The van der Waals surface area contributed by atoms with Gasteiger partial charge in [0.15, 0.2) is 0 Å². The summed E-state index contributed by atoms with van der Waals surface area (Å²) >= 11 is 0. The van der Waals surface area contributed by atoms with Gasteiger partial charge in [-0.15, -0.1) is 0 Å². The van der Waals surface area contributed by atoms with Gasteiger partial charge in [0.25, 0.3) is 0 Å². The van der Waals surface area contributed by atoms with E-state index in [1.54, 1.807) is 0 Å². The van der Waals surface area contributed by atoms with E-state index in [1.807, 2.05) is 0 Å². The third-order valence-corrected chi connectivity index (χ3v) is 3.66. The Labute approximate surface area is 81.9 Å². The number of rotatable bonds is 2. The fourth-order valence-corrected chi connectivity index (χ4v) is 3.12. The Morgan fingerprint density at radius 2 is 1.69 bits per heavy atom. The zero-order valence-electron chi connectivity index (χ0n) is 9.16. The number of likely N-dealkylation sites (tertiary alicyclic amines) is 1. The van der Waals surface area contributed by atoms with Crippen LogP contribution in [-0.2, 0) is 0 Å². The summed E-state index contributed by atoms with van der Waals surface area (Å²) in [6, 6.07) is 2.47. The molecule has 2 unspecified atom stereocenters. The van der Waals surface area contributed by atoms with Crippen LogP contribution in [0.1, 0.15) is 33.6 Å². The van der Waals surface area contributed by atoms with Gasteiger partial charge in [-0.05, 0) is 33.2 Å². The van der Waals surface area contributed by atoms with E-state index in [4.69, 9.17) is 0 Å². The predicted molar refractivity (Wildman–Crippen MR) is 55.9 cm³/mol. The topological polar surface area (TPSA) is 6.48 Å². The van der Waals surface area contributed by atoms with Crippen LogP contribution in [0.4, 0.5) is 0 Å². The molecule has 2 heterocycles. The van der Waals surface area contributed by atoms with E-state index < -0.39 is 0 Å². The van der Waals surface area contributed by atoms with Gasteiger partial charge in [-0.25, -0.2) is 0 Å². The molecule has 2 aliphatic heterocycles. The zero-order chi connectivity index (χ0) is 9.42. The first-order chi connectivity index (χ1) is 6.22. The second-order valence-electron chi connectivity index (χ2n) is 4.78. The van der Waals surface area contributed by atoms with Gasteiger partial charge in [-0.2, -0.15) is 0 Å². The van der Waals surface area contributed by atoms with Crippen molar-refractivity contribution in [2.75, 3.05) is 19.6 Å². The van der Waals surface area contributed by atoms with Crippen molar-refractivity contribution in [2.45, 2.75) is 51.7 Å². The Hall–Kier alpha value is -0.0800. The molecule has 2 fully saturated rings. The molecular formula is C11H22N2. The smallest absolute Gasteiger partial charge is 0.0229 e. The molecule has 76 valence electrons. The summed E-state index contributed by atoms with van der Waals surface area (Å²) in [6.07, 6.45) is 2.86. The second kappa shape index (κ2) is 3.58. The molecule has 2 atom stereocenters. The van der Waals surface area contributed by atoms with E-state index in [9.17, 15) is 0 Å². The summed E-state index contributed by atoms with van der Waals surface area (Å²) < 4.78 is 0. The summed E-state index contributed by atoms with van der Waals surface area (Å²) in [7, 11) is 0. The van der Waals surface area contributed by atoms with Gasteiger partial charge in [0, 0.05) is 31.2 Å². The van der Waals surface area contributed by atoms with E-state index in [0.29, 0.717) is 0 Å². The fourth-order valence-electron chi connectivity index (χ4n) is 3.12. The van der Waals surface area contributed by atoms with Gasteiger partial charge in [0.1, 0.15) is 0 Å². The Balaban J connectivity index is 2.04. The van der Waals surface area contributed by atoms with Gasteiger partial charge < -0.3 is 4.90 Å². The van der Waals surface area contributed by atoms with Crippen molar-refractivity contribution in [2.24, 2.45) is 0 Å². The van der Waals surface area contributed by atoms with Crippen LogP contribution in [0.3, 0.4) is 0 Å². The minimum atomic E-state index is 0.747. The number of nitrogens with zero attached hydrogens (tertiary/aromatic N) is 2. The molecule has 0 saturated carbocycles. The highest BCUT2D eigenvalue weighted by Crippen LogP contribution is 2.31. The van der Waals surface area contributed by atoms with E-state index in [1.165, 1.54) is 32.5 Å². The molecule has 0 aliphatic carbocycles. The maximum atomic E-state index is 2.74. The largest absolute Gasteiger partial charge is 0.301 e. The van der Waals surface area contributed by atoms with Crippen molar-refractivity contribution < 1.29 is 0 Å². The molecule has 0 spiro atoms. The third-order valence-electron chi connectivity index (χ3n) is 3.66. The molecule has 2 aliphatic rings. The van der Waals surface area contributed by atoms with Gasteiger partial charge in [-0.3, -0.25) is 4.90 Å². The van der Waals surface area contributed by atoms with Crippen LogP contribution in [0.2, 0.25) is 0 Å². The van der Waals surface area contributed by atoms with E-state index in [2.05, 4.69) is 30.6 Å². The molecule has 0 radical (unpaired) electrons. The monoisotopic (exact) mass is 182 g/mol. The first-order valence-corrected chi connectivity index (χ1v) is 5.72. The first-order valence-electron chi connectivity index (χ1n) is 5.72. The molecule has 13 heavy (non-hydrogen) atoms. The molecule has 2 nitrogen and oxygen atoms in total. The Kier molecular flexibility index (Phi) is 2.61. The highest BCUT2D eigenvalue weighted by molar-refractivity contribution is 4.96. The molecule has 2 rings (SSSR count). The van der Waals surface area contributed by atoms with Crippen LogP contribution in [-0.4, -0.2) is 47.6 Å². The van der Waals surface area contributed by atoms with Gasteiger partial charge >= 0.3 is 0 Å². The van der Waals surface area contributed by atoms with E-state index in [0.717, 1.165) is 18.1 Å². The fraction of sp³-hybridized carbons (Fsp3) is 1.00. The summed E-state index contributed by atoms with van der Waals surface area (Å²) in [5.74, 6) is 0. The van der Waals surface area contributed by atoms with Crippen molar-refractivity contribution in [3.63, 3.8) is 0 Å². The second-order valence-corrected chi connectivity index (χ2v) is 4.78. The van der Waals surface area contributed by atoms with E-state index in [-0.39, 0.29) is 0 Å². The first kappa shape index (κ1) is 9.47. The molecule has 0 aromatic rings. The summed E-state index contributed by atoms with van der Waals surface area (Å²) in [5.41, 5.74) is 0. The van der Waals surface area contributed by atoms with Crippen LogP contribution in [0, 0.1) is 0 Å². The van der Waals surface area contributed by atoms with Crippen LogP contribution < -0.4 is 0 Å². The Morgan fingerprint density at radius 3 is 2.08 bits per heavy atom. The number of piperazine rings is 1. The lowest BCUT2D eigenvalue weighted by atomic mass is 10.1.